The Morgan fingerprint density at radius 3 is 2.61 bits per heavy atom. The molecule has 1 aliphatic rings. The fraction of sp³-hybridized carbons (Fsp3) is 0.286. The van der Waals surface area contributed by atoms with Crippen molar-refractivity contribution in [2.75, 3.05) is 19.0 Å². The van der Waals surface area contributed by atoms with Crippen molar-refractivity contribution in [3.05, 3.63) is 80.7 Å². The molecule has 6 nitrogen and oxygen atoms in total. The van der Waals surface area contributed by atoms with Crippen molar-refractivity contribution in [2.45, 2.75) is 39.2 Å². The minimum absolute atomic E-state index is 0.290. The molecule has 188 valence electrons. The second kappa shape index (κ2) is 12.1. The monoisotopic (exact) mass is 525 g/mol. The van der Waals surface area contributed by atoms with Crippen LogP contribution in [0.5, 0.6) is 11.5 Å². The Kier molecular flexibility index (Phi) is 8.67. The Labute approximate surface area is 219 Å². The first-order chi connectivity index (χ1) is 17.5. The number of benzene rings is 2. The maximum Gasteiger partial charge on any atom is 0.341 e. The minimum atomic E-state index is -0.380. The normalized spacial score (nSPS) is 12.8. The number of halogens is 1. The molecule has 1 N–H and O–H groups in total. The van der Waals surface area contributed by atoms with E-state index in [0.717, 1.165) is 47.3 Å². The van der Waals surface area contributed by atoms with Crippen molar-refractivity contribution in [1.29, 1.82) is 0 Å². The molecule has 0 bridgehead atoms. The zero-order valence-electron chi connectivity index (χ0n) is 20.3. The molecule has 4 rings (SSSR count). The molecule has 0 unspecified atom stereocenters. The molecule has 0 spiro atoms. The molecule has 2 aromatic carbocycles. The molecule has 0 radical (unpaired) electrons. The van der Waals surface area contributed by atoms with Crippen molar-refractivity contribution in [3.8, 4) is 11.5 Å². The average Bonchev–Trinajstić information content (AvgIpc) is 3.25. The first-order valence-corrected chi connectivity index (χ1v) is 13.0. The number of ether oxygens (including phenoxy) is 3. The molecule has 1 aromatic heterocycles. The van der Waals surface area contributed by atoms with Crippen LogP contribution in [0.3, 0.4) is 0 Å². The van der Waals surface area contributed by atoms with Crippen molar-refractivity contribution < 1.29 is 23.8 Å². The lowest BCUT2D eigenvalue weighted by atomic mass is 9.95. The van der Waals surface area contributed by atoms with Gasteiger partial charge < -0.3 is 19.5 Å². The van der Waals surface area contributed by atoms with E-state index in [9.17, 15) is 9.59 Å². The van der Waals surface area contributed by atoms with Gasteiger partial charge in [0.2, 0.25) is 5.91 Å². The van der Waals surface area contributed by atoms with E-state index in [1.54, 1.807) is 32.2 Å². The molecule has 1 amide bonds. The number of aryl methyl sites for hydroxylation is 1. The smallest absolute Gasteiger partial charge is 0.341 e. The molecule has 0 atom stereocenters. The van der Waals surface area contributed by atoms with Crippen LogP contribution in [0.15, 0.2) is 48.5 Å². The number of anilines is 1. The Morgan fingerprint density at radius 1 is 1.08 bits per heavy atom. The topological polar surface area (TPSA) is 73.9 Å². The van der Waals surface area contributed by atoms with Crippen LogP contribution < -0.4 is 14.8 Å². The van der Waals surface area contributed by atoms with Gasteiger partial charge in [-0.3, -0.25) is 4.79 Å². The van der Waals surface area contributed by atoms with E-state index in [-0.39, 0.29) is 18.5 Å². The number of nitrogens with one attached hydrogen (secondary N) is 1. The molecule has 8 heteroatoms. The van der Waals surface area contributed by atoms with E-state index in [0.29, 0.717) is 33.7 Å². The lowest BCUT2D eigenvalue weighted by Gasteiger charge is -2.12. The number of methoxy groups -OCH3 is 1. The minimum Gasteiger partial charge on any atom is -0.493 e. The molecule has 0 saturated carbocycles. The summed E-state index contributed by atoms with van der Waals surface area (Å²) in [6, 6.07) is 12.9. The van der Waals surface area contributed by atoms with Crippen LogP contribution in [-0.4, -0.2) is 25.6 Å². The fourth-order valence-electron chi connectivity index (χ4n) is 4.05. The highest BCUT2D eigenvalue weighted by Gasteiger charge is 2.26. The summed E-state index contributed by atoms with van der Waals surface area (Å²) in [4.78, 5) is 26.5. The number of carbonyl (C=O) groups is 2. The highest BCUT2D eigenvalue weighted by Crippen LogP contribution is 2.38. The summed E-state index contributed by atoms with van der Waals surface area (Å²) in [6.07, 6.45) is 7.01. The fourth-order valence-corrected chi connectivity index (χ4v) is 5.45. The summed E-state index contributed by atoms with van der Waals surface area (Å²) < 4.78 is 16.6. The molecular formula is C28H28ClNO5S. The number of thiophene rings is 1. The first kappa shape index (κ1) is 25.8. The molecule has 0 fully saturated rings. The number of esters is 1. The van der Waals surface area contributed by atoms with E-state index < -0.39 is 0 Å². The van der Waals surface area contributed by atoms with Gasteiger partial charge in [-0.15, -0.1) is 11.3 Å². The third kappa shape index (κ3) is 6.28. The first-order valence-electron chi connectivity index (χ1n) is 11.8. The second-order valence-corrected chi connectivity index (χ2v) is 9.83. The van der Waals surface area contributed by atoms with Gasteiger partial charge in [-0.25, -0.2) is 4.79 Å². The molecule has 36 heavy (non-hydrogen) atoms. The van der Waals surface area contributed by atoms with Crippen LogP contribution in [0.2, 0.25) is 5.02 Å². The van der Waals surface area contributed by atoms with Crippen LogP contribution in [0.4, 0.5) is 5.00 Å². The largest absolute Gasteiger partial charge is 0.493 e. The molecule has 1 heterocycles. The Balaban J connectivity index is 1.44. The van der Waals surface area contributed by atoms with E-state index in [1.165, 1.54) is 17.4 Å². The van der Waals surface area contributed by atoms with Gasteiger partial charge in [0.15, 0.2) is 11.5 Å². The molecule has 0 aliphatic heterocycles. The summed E-state index contributed by atoms with van der Waals surface area (Å²) in [5, 5.41) is 4.11. The number of amides is 1. The Morgan fingerprint density at radius 2 is 1.86 bits per heavy atom. The van der Waals surface area contributed by atoms with Crippen LogP contribution in [0.25, 0.3) is 6.08 Å². The summed E-state index contributed by atoms with van der Waals surface area (Å²) in [7, 11) is 1.57. The number of hydrogen-bond acceptors (Lipinski definition) is 6. The van der Waals surface area contributed by atoms with Gasteiger partial charge in [0, 0.05) is 16.0 Å². The summed E-state index contributed by atoms with van der Waals surface area (Å²) in [6.45, 7) is 2.44. The molecule has 1 aliphatic carbocycles. The van der Waals surface area contributed by atoms with Gasteiger partial charge in [0.25, 0.3) is 0 Å². The van der Waals surface area contributed by atoms with Gasteiger partial charge in [-0.2, -0.15) is 0 Å². The van der Waals surface area contributed by atoms with E-state index in [1.807, 2.05) is 30.3 Å². The van der Waals surface area contributed by atoms with Gasteiger partial charge in [-0.05, 0) is 79.6 Å². The van der Waals surface area contributed by atoms with Crippen molar-refractivity contribution in [2.24, 2.45) is 0 Å². The Bertz CT molecular complexity index is 1270. The van der Waals surface area contributed by atoms with E-state index in [4.69, 9.17) is 25.8 Å². The standard InChI is InChI=1S/C28H28ClNO5S/c1-3-34-28(32)26-21-6-4-5-7-24(21)36-27(26)30-25(31)15-11-18-10-14-22(23(16-18)33-2)35-17-19-8-12-20(29)13-9-19/h8-16H,3-7,17H2,1-2H3,(H,30,31). The van der Waals surface area contributed by atoms with Crippen LogP contribution in [0.1, 0.15) is 51.7 Å². The quantitative estimate of drug-likeness (QED) is 0.248. The number of fused-ring (bicyclic) bond motifs is 1. The van der Waals surface area contributed by atoms with E-state index >= 15 is 0 Å². The van der Waals surface area contributed by atoms with Crippen LogP contribution >= 0.6 is 22.9 Å². The van der Waals surface area contributed by atoms with Crippen molar-refractivity contribution >= 4 is 45.9 Å². The van der Waals surface area contributed by atoms with E-state index in [2.05, 4.69) is 5.32 Å². The van der Waals surface area contributed by atoms with Gasteiger partial charge >= 0.3 is 5.97 Å². The summed E-state index contributed by atoms with van der Waals surface area (Å²) >= 11 is 7.40. The van der Waals surface area contributed by atoms with Crippen LogP contribution in [0, 0.1) is 0 Å². The van der Waals surface area contributed by atoms with Gasteiger partial charge in [0.1, 0.15) is 11.6 Å². The van der Waals surface area contributed by atoms with Crippen LogP contribution in [-0.2, 0) is 29.0 Å². The molecule has 0 saturated heterocycles. The number of hydrogen-bond donors (Lipinski definition) is 1. The highest BCUT2D eigenvalue weighted by atomic mass is 35.5. The zero-order valence-corrected chi connectivity index (χ0v) is 21.8. The summed E-state index contributed by atoms with van der Waals surface area (Å²) in [5.74, 6) is 0.454. The second-order valence-electron chi connectivity index (χ2n) is 8.28. The average molecular weight is 526 g/mol. The number of carbonyl (C=O) groups excluding carboxylic acids is 2. The number of rotatable bonds is 9. The lowest BCUT2D eigenvalue weighted by Crippen LogP contribution is -2.14. The molecule has 3 aromatic rings. The maximum atomic E-state index is 12.7. The predicted molar refractivity (Wildman–Crippen MR) is 143 cm³/mol. The van der Waals surface area contributed by atoms with Gasteiger partial charge in [-0.1, -0.05) is 29.8 Å². The van der Waals surface area contributed by atoms with Crippen molar-refractivity contribution in [1.82, 2.24) is 0 Å². The maximum absolute atomic E-state index is 12.7. The third-order valence-corrected chi connectivity index (χ3v) is 7.27. The SMILES string of the molecule is CCOC(=O)c1c(NC(=O)C=Cc2ccc(OCc3ccc(Cl)cc3)c(OC)c2)sc2c1CCCC2. The third-order valence-electron chi connectivity index (χ3n) is 5.81. The lowest BCUT2D eigenvalue weighted by molar-refractivity contribution is -0.111. The summed E-state index contributed by atoms with van der Waals surface area (Å²) in [5.41, 5.74) is 3.28. The van der Waals surface area contributed by atoms with Gasteiger partial charge in [0.05, 0.1) is 19.3 Å². The highest BCUT2D eigenvalue weighted by molar-refractivity contribution is 7.17. The van der Waals surface area contributed by atoms with Crippen molar-refractivity contribution in [3.63, 3.8) is 0 Å². The Hall–Kier alpha value is -3.29. The predicted octanol–water partition coefficient (Wildman–Crippen LogP) is 6.70. The molecular weight excluding hydrogens is 498 g/mol. The zero-order chi connectivity index (χ0) is 25.5.